The molecule has 1 N–H and O–H groups in total. The second-order valence-corrected chi connectivity index (χ2v) is 7.36. The Balaban J connectivity index is 1.74. The maximum atomic E-state index is 13.0. The molecule has 2 saturated carbocycles. The zero-order valence-corrected chi connectivity index (χ0v) is 13.2. The molecule has 2 aliphatic carbocycles. The second-order valence-electron chi connectivity index (χ2n) is 7.36. The first-order chi connectivity index (χ1) is 10.1. The molecule has 118 valence electrons. The van der Waals surface area contributed by atoms with Crippen molar-refractivity contribution < 1.29 is 9.59 Å². The summed E-state index contributed by atoms with van der Waals surface area (Å²) in [6.07, 6.45) is 9.37. The predicted octanol–water partition coefficient (Wildman–Crippen LogP) is 2.47. The van der Waals surface area contributed by atoms with Gasteiger partial charge in [0.1, 0.15) is 5.54 Å². The van der Waals surface area contributed by atoms with Crippen LogP contribution in [0, 0.1) is 11.8 Å². The number of rotatable bonds is 2. The van der Waals surface area contributed by atoms with Gasteiger partial charge >= 0.3 is 0 Å². The summed E-state index contributed by atoms with van der Waals surface area (Å²) in [6.45, 7) is 3.78. The summed E-state index contributed by atoms with van der Waals surface area (Å²) in [4.78, 5) is 27.0. The van der Waals surface area contributed by atoms with E-state index in [4.69, 9.17) is 0 Å². The van der Waals surface area contributed by atoms with Gasteiger partial charge in [-0.3, -0.25) is 9.59 Å². The fourth-order valence-electron chi connectivity index (χ4n) is 4.46. The van der Waals surface area contributed by atoms with Gasteiger partial charge in [0.2, 0.25) is 11.8 Å². The summed E-state index contributed by atoms with van der Waals surface area (Å²) in [5.41, 5.74) is -0.564. The van der Waals surface area contributed by atoms with Gasteiger partial charge in [0.05, 0.1) is 0 Å². The largest absolute Gasteiger partial charge is 0.342 e. The summed E-state index contributed by atoms with van der Waals surface area (Å²) in [7, 11) is 0. The molecular formula is C17H28N2O2. The summed E-state index contributed by atoms with van der Waals surface area (Å²) in [5, 5.41) is 3.05. The third-order valence-electron chi connectivity index (χ3n) is 5.89. The molecule has 1 spiro atoms. The van der Waals surface area contributed by atoms with E-state index in [0.717, 1.165) is 32.2 Å². The number of carbonyl (C=O) groups is 2. The summed E-state index contributed by atoms with van der Waals surface area (Å²) in [5.74, 6) is 1.58. The Morgan fingerprint density at radius 1 is 1.14 bits per heavy atom. The van der Waals surface area contributed by atoms with E-state index in [2.05, 4.69) is 12.2 Å². The molecule has 1 heterocycles. The summed E-state index contributed by atoms with van der Waals surface area (Å²) >= 11 is 0. The molecule has 0 aromatic heterocycles. The van der Waals surface area contributed by atoms with E-state index < -0.39 is 5.54 Å². The molecule has 2 atom stereocenters. The van der Waals surface area contributed by atoms with Gasteiger partial charge in [-0.1, -0.05) is 39.0 Å². The molecule has 1 aliphatic heterocycles. The normalized spacial score (nSPS) is 33.1. The first kappa shape index (κ1) is 14.9. The number of nitrogens with one attached hydrogen (secondary N) is 1. The van der Waals surface area contributed by atoms with Crippen LogP contribution >= 0.6 is 0 Å². The Labute approximate surface area is 127 Å². The number of amides is 2. The molecule has 1 saturated heterocycles. The molecule has 3 fully saturated rings. The molecule has 0 aromatic rings. The van der Waals surface area contributed by atoms with Gasteiger partial charge in [0, 0.05) is 19.5 Å². The molecule has 4 nitrogen and oxygen atoms in total. The highest BCUT2D eigenvalue weighted by molar-refractivity contribution is 5.93. The standard InChI is InChI=1S/C17H28N2O2/c1-13-6-2-3-7-14(13)12-19-11-8-15(20)18-17(16(19)21)9-4-5-10-17/h13-14H,2-12H2,1H3,(H,18,20). The lowest BCUT2D eigenvalue weighted by molar-refractivity contribution is -0.139. The third kappa shape index (κ3) is 2.95. The average Bonchev–Trinajstić information content (AvgIpc) is 2.90. The number of carbonyl (C=O) groups excluding carboxylic acids is 2. The number of nitrogens with zero attached hydrogens (tertiary/aromatic N) is 1. The maximum absolute atomic E-state index is 13.0. The van der Waals surface area contributed by atoms with Gasteiger partial charge < -0.3 is 10.2 Å². The van der Waals surface area contributed by atoms with Crippen molar-refractivity contribution in [2.75, 3.05) is 13.1 Å². The molecule has 0 bridgehead atoms. The minimum atomic E-state index is -0.564. The van der Waals surface area contributed by atoms with Gasteiger partial charge in [-0.2, -0.15) is 0 Å². The van der Waals surface area contributed by atoms with Crippen LogP contribution in [-0.2, 0) is 9.59 Å². The van der Waals surface area contributed by atoms with E-state index in [9.17, 15) is 9.59 Å². The van der Waals surface area contributed by atoms with Crippen LogP contribution in [0.5, 0.6) is 0 Å². The minimum absolute atomic E-state index is 0.0597. The van der Waals surface area contributed by atoms with E-state index in [1.54, 1.807) is 0 Å². The molecule has 0 aromatic carbocycles. The quantitative estimate of drug-likeness (QED) is 0.850. The van der Waals surface area contributed by atoms with E-state index in [-0.39, 0.29) is 11.8 Å². The number of hydrogen-bond donors (Lipinski definition) is 1. The smallest absolute Gasteiger partial charge is 0.248 e. The Bertz CT molecular complexity index is 415. The van der Waals surface area contributed by atoms with Gasteiger partial charge in [-0.05, 0) is 31.1 Å². The fourth-order valence-corrected chi connectivity index (χ4v) is 4.46. The van der Waals surface area contributed by atoms with Crippen molar-refractivity contribution in [3.8, 4) is 0 Å². The van der Waals surface area contributed by atoms with Gasteiger partial charge in [-0.25, -0.2) is 0 Å². The molecular weight excluding hydrogens is 264 g/mol. The Kier molecular flexibility index (Phi) is 4.23. The average molecular weight is 292 g/mol. The summed E-state index contributed by atoms with van der Waals surface area (Å²) in [6, 6.07) is 0. The van der Waals surface area contributed by atoms with Crippen LogP contribution in [0.4, 0.5) is 0 Å². The van der Waals surface area contributed by atoms with E-state index >= 15 is 0 Å². The molecule has 3 rings (SSSR count). The van der Waals surface area contributed by atoms with Crippen LogP contribution in [0.1, 0.15) is 64.7 Å². The predicted molar refractivity (Wildman–Crippen MR) is 81.7 cm³/mol. The van der Waals surface area contributed by atoms with Crippen LogP contribution < -0.4 is 5.32 Å². The lowest BCUT2D eigenvalue weighted by Gasteiger charge is -2.36. The van der Waals surface area contributed by atoms with Crippen LogP contribution in [0.2, 0.25) is 0 Å². The highest BCUT2D eigenvalue weighted by atomic mass is 16.2. The number of hydrogen-bond acceptors (Lipinski definition) is 2. The van der Waals surface area contributed by atoms with Crippen molar-refractivity contribution in [1.82, 2.24) is 10.2 Å². The lowest BCUT2D eigenvalue weighted by atomic mass is 9.80. The highest BCUT2D eigenvalue weighted by Crippen LogP contribution is 2.35. The van der Waals surface area contributed by atoms with Crippen molar-refractivity contribution in [2.24, 2.45) is 11.8 Å². The van der Waals surface area contributed by atoms with E-state index in [1.165, 1.54) is 25.7 Å². The molecule has 3 aliphatic rings. The lowest BCUT2D eigenvalue weighted by Crippen LogP contribution is -2.56. The van der Waals surface area contributed by atoms with Crippen LogP contribution in [-0.4, -0.2) is 35.3 Å². The molecule has 4 heteroatoms. The van der Waals surface area contributed by atoms with Crippen LogP contribution in [0.3, 0.4) is 0 Å². The first-order valence-corrected chi connectivity index (χ1v) is 8.71. The molecule has 2 unspecified atom stereocenters. The van der Waals surface area contributed by atoms with Gasteiger partial charge in [0.25, 0.3) is 0 Å². The highest BCUT2D eigenvalue weighted by Gasteiger charge is 2.46. The third-order valence-corrected chi connectivity index (χ3v) is 5.89. The second kappa shape index (κ2) is 5.98. The summed E-state index contributed by atoms with van der Waals surface area (Å²) < 4.78 is 0. The zero-order valence-electron chi connectivity index (χ0n) is 13.2. The molecule has 21 heavy (non-hydrogen) atoms. The Hall–Kier alpha value is -1.06. The van der Waals surface area contributed by atoms with Crippen molar-refractivity contribution in [3.63, 3.8) is 0 Å². The SMILES string of the molecule is CC1CCCCC1CN1CCC(=O)NC2(CCCC2)C1=O. The van der Waals surface area contributed by atoms with Crippen LogP contribution in [0.25, 0.3) is 0 Å². The molecule has 2 amide bonds. The van der Waals surface area contributed by atoms with Crippen molar-refractivity contribution in [3.05, 3.63) is 0 Å². The van der Waals surface area contributed by atoms with Crippen molar-refractivity contribution >= 4 is 11.8 Å². The monoisotopic (exact) mass is 292 g/mol. The van der Waals surface area contributed by atoms with Gasteiger partial charge in [0.15, 0.2) is 0 Å². The first-order valence-electron chi connectivity index (χ1n) is 8.71. The van der Waals surface area contributed by atoms with Crippen LogP contribution in [0.15, 0.2) is 0 Å². The van der Waals surface area contributed by atoms with Crippen molar-refractivity contribution in [1.29, 1.82) is 0 Å². The Morgan fingerprint density at radius 2 is 1.86 bits per heavy atom. The fraction of sp³-hybridized carbons (Fsp3) is 0.882. The topological polar surface area (TPSA) is 49.4 Å². The van der Waals surface area contributed by atoms with Crippen molar-refractivity contribution in [2.45, 2.75) is 70.3 Å². The van der Waals surface area contributed by atoms with E-state index in [1.807, 2.05) is 4.90 Å². The minimum Gasteiger partial charge on any atom is -0.342 e. The van der Waals surface area contributed by atoms with Gasteiger partial charge in [-0.15, -0.1) is 0 Å². The maximum Gasteiger partial charge on any atom is 0.248 e. The van der Waals surface area contributed by atoms with E-state index in [0.29, 0.717) is 24.8 Å². The molecule has 0 radical (unpaired) electrons. The Morgan fingerprint density at radius 3 is 2.57 bits per heavy atom. The zero-order chi connectivity index (χ0) is 14.9.